The fraction of sp³-hybridized carbons (Fsp3) is 0.316. The normalized spacial score (nSPS) is 13.0. The molecule has 2 aromatic rings. The number of halogens is 1. The molecule has 0 saturated carbocycles. The Balaban J connectivity index is 0.00000208. The highest BCUT2D eigenvalue weighted by Crippen LogP contribution is 2.20. The number of rotatable bonds is 3. The molecule has 1 aliphatic heterocycles. The molecule has 0 spiro atoms. The zero-order valence-corrected chi connectivity index (χ0v) is 14.9. The topological polar surface area (TPSA) is 53.2 Å². The van der Waals surface area contributed by atoms with Gasteiger partial charge in [0.15, 0.2) is 0 Å². The maximum Gasteiger partial charge on any atom is 0.323 e. The summed E-state index contributed by atoms with van der Waals surface area (Å²) in [4.78, 5) is 12.1. The van der Waals surface area contributed by atoms with Gasteiger partial charge in [0.25, 0.3) is 0 Å². The van der Waals surface area contributed by atoms with E-state index in [1.807, 2.05) is 30.3 Å². The van der Waals surface area contributed by atoms with Gasteiger partial charge < -0.3 is 16.0 Å². The van der Waals surface area contributed by atoms with Gasteiger partial charge in [0.1, 0.15) is 0 Å². The molecule has 0 bridgehead atoms. The first-order valence-corrected chi connectivity index (χ1v) is 8.12. The minimum Gasteiger partial charge on any atom is -0.312 e. The van der Waals surface area contributed by atoms with Crippen molar-refractivity contribution in [3.05, 3.63) is 59.2 Å². The van der Waals surface area contributed by atoms with Crippen LogP contribution in [0.4, 0.5) is 16.2 Å². The molecule has 0 fully saturated rings. The standard InChI is InChI=1S/C19H23N3O.ClH/c1-13(2)14-3-6-17(7-4-14)21-19(23)22-18-8-5-16-12-20-10-9-15(16)11-18;/h3-8,11,13,20H,9-10,12H2,1-2H3,(H2,21,22,23);1H. The number of amides is 2. The third kappa shape index (κ3) is 4.49. The molecule has 0 unspecified atom stereocenters. The number of carbonyl (C=O) groups is 1. The Labute approximate surface area is 149 Å². The van der Waals surface area contributed by atoms with Crippen LogP contribution in [0.2, 0.25) is 0 Å². The summed E-state index contributed by atoms with van der Waals surface area (Å²) >= 11 is 0. The van der Waals surface area contributed by atoms with Gasteiger partial charge in [-0.2, -0.15) is 0 Å². The number of carbonyl (C=O) groups excluding carboxylic acids is 1. The Morgan fingerprint density at radius 3 is 2.38 bits per heavy atom. The second-order valence-corrected chi connectivity index (χ2v) is 6.27. The first kappa shape index (κ1) is 18.3. The second kappa shape index (κ2) is 8.18. The maximum absolute atomic E-state index is 12.1. The Bertz CT molecular complexity index is 698. The summed E-state index contributed by atoms with van der Waals surface area (Å²) in [5, 5.41) is 9.13. The first-order valence-electron chi connectivity index (χ1n) is 8.12. The summed E-state index contributed by atoms with van der Waals surface area (Å²) in [6.07, 6.45) is 1.00. The van der Waals surface area contributed by atoms with Gasteiger partial charge in [0, 0.05) is 17.9 Å². The molecule has 3 rings (SSSR count). The zero-order valence-electron chi connectivity index (χ0n) is 14.1. The molecule has 5 heteroatoms. The van der Waals surface area contributed by atoms with Gasteiger partial charge in [-0.25, -0.2) is 4.79 Å². The summed E-state index contributed by atoms with van der Waals surface area (Å²) < 4.78 is 0. The minimum atomic E-state index is -0.212. The molecule has 0 saturated heterocycles. The van der Waals surface area contributed by atoms with E-state index in [-0.39, 0.29) is 18.4 Å². The number of benzene rings is 2. The molecule has 2 aromatic carbocycles. The van der Waals surface area contributed by atoms with Gasteiger partial charge in [-0.05, 0) is 59.8 Å². The van der Waals surface area contributed by atoms with Crippen molar-refractivity contribution >= 4 is 29.8 Å². The Hall–Kier alpha value is -2.04. The quantitative estimate of drug-likeness (QED) is 0.766. The van der Waals surface area contributed by atoms with Crippen molar-refractivity contribution in [2.75, 3.05) is 17.2 Å². The van der Waals surface area contributed by atoms with E-state index in [1.165, 1.54) is 16.7 Å². The third-order valence-electron chi connectivity index (χ3n) is 4.19. The molecule has 2 amide bonds. The molecular weight excluding hydrogens is 322 g/mol. The SMILES string of the molecule is CC(C)c1ccc(NC(=O)Nc2ccc3c(c2)CCNC3)cc1.Cl. The number of nitrogens with one attached hydrogen (secondary N) is 3. The molecule has 0 atom stereocenters. The summed E-state index contributed by atoms with van der Waals surface area (Å²) in [5.41, 5.74) is 5.52. The maximum atomic E-state index is 12.1. The van der Waals surface area contributed by atoms with Crippen molar-refractivity contribution in [1.29, 1.82) is 0 Å². The van der Waals surface area contributed by atoms with Crippen LogP contribution in [0.3, 0.4) is 0 Å². The Kier molecular flexibility index (Phi) is 6.23. The Morgan fingerprint density at radius 2 is 1.67 bits per heavy atom. The smallest absolute Gasteiger partial charge is 0.312 e. The number of hydrogen-bond donors (Lipinski definition) is 3. The summed E-state index contributed by atoms with van der Waals surface area (Å²) in [7, 11) is 0. The van der Waals surface area contributed by atoms with Crippen LogP contribution < -0.4 is 16.0 Å². The zero-order chi connectivity index (χ0) is 16.2. The van der Waals surface area contributed by atoms with Crippen LogP contribution in [0.5, 0.6) is 0 Å². The van der Waals surface area contributed by atoms with Crippen molar-refractivity contribution in [1.82, 2.24) is 5.32 Å². The van der Waals surface area contributed by atoms with E-state index in [0.717, 1.165) is 30.9 Å². The van der Waals surface area contributed by atoms with Crippen LogP contribution in [0, 0.1) is 0 Å². The van der Waals surface area contributed by atoms with E-state index in [0.29, 0.717) is 5.92 Å². The average molecular weight is 346 g/mol. The van der Waals surface area contributed by atoms with E-state index >= 15 is 0 Å². The van der Waals surface area contributed by atoms with Gasteiger partial charge in [-0.3, -0.25) is 0 Å². The number of anilines is 2. The van der Waals surface area contributed by atoms with Crippen molar-refractivity contribution in [3.8, 4) is 0 Å². The van der Waals surface area contributed by atoms with E-state index < -0.39 is 0 Å². The lowest BCUT2D eigenvalue weighted by molar-refractivity contribution is 0.262. The average Bonchev–Trinajstić information content (AvgIpc) is 2.55. The monoisotopic (exact) mass is 345 g/mol. The van der Waals surface area contributed by atoms with Gasteiger partial charge in [0.2, 0.25) is 0 Å². The fourth-order valence-corrected chi connectivity index (χ4v) is 2.80. The van der Waals surface area contributed by atoms with Crippen LogP contribution in [0.25, 0.3) is 0 Å². The predicted octanol–water partition coefficient (Wildman–Crippen LogP) is 4.52. The largest absolute Gasteiger partial charge is 0.323 e. The van der Waals surface area contributed by atoms with E-state index in [4.69, 9.17) is 0 Å². The van der Waals surface area contributed by atoms with Crippen LogP contribution in [-0.4, -0.2) is 12.6 Å². The molecule has 0 aliphatic carbocycles. The van der Waals surface area contributed by atoms with Crippen molar-refractivity contribution in [2.24, 2.45) is 0 Å². The summed E-state index contributed by atoms with van der Waals surface area (Å²) in [6.45, 7) is 6.20. The van der Waals surface area contributed by atoms with E-state index in [9.17, 15) is 4.79 Å². The summed E-state index contributed by atoms with van der Waals surface area (Å²) in [6, 6.07) is 13.9. The number of fused-ring (bicyclic) bond motifs is 1. The van der Waals surface area contributed by atoms with Crippen LogP contribution >= 0.6 is 12.4 Å². The summed E-state index contributed by atoms with van der Waals surface area (Å²) in [5.74, 6) is 0.489. The molecular formula is C19H24ClN3O. The Morgan fingerprint density at radius 1 is 1.00 bits per heavy atom. The molecule has 1 heterocycles. The lowest BCUT2D eigenvalue weighted by Crippen LogP contribution is -2.24. The molecule has 0 radical (unpaired) electrons. The molecule has 128 valence electrons. The highest BCUT2D eigenvalue weighted by atomic mass is 35.5. The number of hydrogen-bond acceptors (Lipinski definition) is 2. The lowest BCUT2D eigenvalue weighted by Gasteiger charge is -2.18. The van der Waals surface area contributed by atoms with Crippen LogP contribution in [-0.2, 0) is 13.0 Å². The molecule has 4 nitrogen and oxygen atoms in total. The second-order valence-electron chi connectivity index (χ2n) is 6.27. The highest BCUT2D eigenvalue weighted by molar-refractivity contribution is 5.99. The van der Waals surface area contributed by atoms with Gasteiger partial charge >= 0.3 is 6.03 Å². The van der Waals surface area contributed by atoms with Gasteiger partial charge in [0.05, 0.1) is 0 Å². The highest BCUT2D eigenvalue weighted by Gasteiger charge is 2.10. The van der Waals surface area contributed by atoms with Crippen LogP contribution in [0.1, 0.15) is 36.5 Å². The predicted molar refractivity (Wildman–Crippen MR) is 102 cm³/mol. The molecule has 24 heavy (non-hydrogen) atoms. The third-order valence-corrected chi connectivity index (χ3v) is 4.19. The lowest BCUT2D eigenvalue weighted by atomic mass is 10.0. The van der Waals surface area contributed by atoms with Gasteiger partial charge in [-0.1, -0.05) is 32.0 Å². The molecule has 3 N–H and O–H groups in total. The van der Waals surface area contributed by atoms with Gasteiger partial charge in [-0.15, -0.1) is 12.4 Å². The fourth-order valence-electron chi connectivity index (χ4n) is 2.80. The van der Waals surface area contributed by atoms with Crippen molar-refractivity contribution in [2.45, 2.75) is 32.7 Å². The molecule has 0 aromatic heterocycles. The minimum absolute atomic E-state index is 0. The molecule has 1 aliphatic rings. The van der Waals surface area contributed by atoms with Crippen molar-refractivity contribution < 1.29 is 4.79 Å². The van der Waals surface area contributed by atoms with E-state index in [2.05, 4.69) is 41.9 Å². The van der Waals surface area contributed by atoms with E-state index in [1.54, 1.807) is 0 Å². The van der Waals surface area contributed by atoms with Crippen molar-refractivity contribution in [3.63, 3.8) is 0 Å². The first-order chi connectivity index (χ1) is 11.1. The van der Waals surface area contributed by atoms with Crippen LogP contribution in [0.15, 0.2) is 42.5 Å². The number of urea groups is 1.